The van der Waals surface area contributed by atoms with E-state index >= 15 is 0 Å². The van der Waals surface area contributed by atoms with Gasteiger partial charge in [0.2, 0.25) is 5.95 Å². The second kappa shape index (κ2) is 6.33. The fourth-order valence-corrected chi connectivity index (χ4v) is 2.16. The van der Waals surface area contributed by atoms with Crippen LogP contribution in [0.4, 0.5) is 5.95 Å². The molecule has 1 aromatic heterocycles. The van der Waals surface area contributed by atoms with E-state index in [9.17, 15) is 0 Å². The van der Waals surface area contributed by atoms with E-state index in [0.717, 1.165) is 22.1 Å². The molecule has 0 spiro atoms. The first kappa shape index (κ1) is 14.9. The number of rotatable bonds is 5. The Kier molecular flexibility index (Phi) is 4.73. The van der Waals surface area contributed by atoms with Gasteiger partial charge in [-0.3, -0.25) is 0 Å². The molecule has 0 saturated carbocycles. The molecule has 1 heterocycles. The zero-order chi connectivity index (χ0) is 14.6. The third-order valence-electron chi connectivity index (χ3n) is 3.11. The molecule has 1 aromatic carbocycles. The summed E-state index contributed by atoms with van der Waals surface area (Å²) in [6, 6.07) is 8.02. The van der Waals surface area contributed by atoms with E-state index in [1.807, 2.05) is 36.7 Å². The summed E-state index contributed by atoms with van der Waals surface area (Å²) in [5, 5.41) is 3.22. The van der Waals surface area contributed by atoms with Crippen LogP contribution in [0.3, 0.4) is 0 Å². The minimum atomic E-state index is 0.0322. The Bertz CT molecular complexity index is 566. The SMILES string of the molecule is CC(C)(CN)CNc1ncc(-c2ccccc2Br)cn1. The van der Waals surface area contributed by atoms with Crippen molar-refractivity contribution in [3.8, 4) is 11.1 Å². The average Bonchev–Trinajstić information content (AvgIpc) is 2.46. The van der Waals surface area contributed by atoms with Gasteiger partial charge in [-0.25, -0.2) is 9.97 Å². The van der Waals surface area contributed by atoms with E-state index < -0.39 is 0 Å². The number of hydrogen-bond donors (Lipinski definition) is 2. The van der Waals surface area contributed by atoms with Crippen molar-refractivity contribution in [3.05, 3.63) is 41.1 Å². The molecular weight excluding hydrogens is 316 g/mol. The fourth-order valence-electron chi connectivity index (χ4n) is 1.64. The highest BCUT2D eigenvalue weighted by Gasteiger charge is 2.15. The molecule has 2 rings (SSSR count). The lowest BCUT2D eigenvalue weighted by atomic mass is 9.94. The maximum Gasteiger partial charge on any atom is 0.222 e. The number of hydrogen-bond acceptors (Lipinski definition) is 4. The number of halogens is 1. The molecule has 4 nitrogen and oxygen atoms in total. The summed E-state index contributed by atoms with van der Waals surface area (Å²) >= 11 is 3.53. The third kappa shape index (κ3) is 3.77. The zero-order valence-electron chi connectivity index (χ0n) is 11.7. The highest BCUT2D eigenvalue weighted by atomic mass is 79.9. The fraction of sp³-hybridized carbons (Fsp3) is 0.333. The van der Waals surface area contributed by atoms with Gasteiger partial charge in [0, 0.05) is 29.0 Å². The van der Waals surface area contributed by atoms with E-state index in [1.54, 1.807) is 0 Å². The van der Waals surface area contributed by atoms with Gasteiger partial charge >= 0.3 is 0 Å². The van der Waals surface area contributed by atoms with Crippen LogP contribution in [-0.4, -0.2) is 23.1 Å². The molecule has 0 bridgehead atoms. The van der Waals surface area contributed by atoms with Crippen LogP contribution in [0.25, 0.3) is 11.1 Å². The van der Waals surface area contributed by atoms with E-state index in [1.165, 1.54) is 0 Å². The van der Waals surface area contributed by atoms with Crippen LogP contribution >= 0.6 is 15.9 Å². The quantitative estimate of drug-likeness (QED) is 0.880. The van der Waals surface area contributed by atoms with E-state index in [-0.39, 0.29) is 5.41 Å². The summed E-state index contributed by atoms with van der Waals surface area (Å²) in [6.45, 7) is 5.58. The molecule has 20 heavy (non-hydrogen) atoms. The molecule has 0 atom stereocenters. The molecule has 0 aliphatic rings. The zero-order valence-corrected chi connectivity index (χ0v) is 13.3. The number of aromatic nitrogens is 2. The van der Waals surface area contributed by atoms with Crippen molar-refractivity contribution in [1.82, 2.24) is 9.97 Å². The molecular formula is C15H19BrN4. The van der Waals surface area contributed by atoms with Gasteiger partial charge in [-0.05, 0) is 23.6 Å². The first-order valence-electron chi connectivity index (χ1n) is 6.53. The molecule has 0 unspecified atom stereocenters. The molecule has 5 heteroatoms. The molecule has 106 valence electrons. The maximum atomic E-state index is 5.70. The topological polar surface area (TPSA) is 63.8 Å². The lowest BCUT2D eigenvalue weighted by Gasteiger charge is -2.22. The van der Waals surface area contributed by atoms with Crippen molar-refractivity contribution in [2.24, 2.45) is 11.1 Å². The van der Waals surface area contributed by atoms with Crippen LogP contribution in [0.1, 0.15) is 13.8 Å². The molecule has 0 radical (unpaired) electrons. The number of benzene rings is 1. The Morgan fingerprint density at radius 1 is 1.20 bits per heavy atom. The second-order valence-electron chi connectivity index (χ2n) is 5.50. The summed E-state index contributed by atoms with van der Waals surface area (Å²) < 4.78 is 1.04. The standard InChI is InChI=1S/C15H19BrN4/c1-15(2,9-17)10-20-14-18-7-11(8-19-14)12-5-3-4-6-13(12)16/h3-8H,9-10,17H2,1-2H3,(H,18,19,20). The van der Waals surface area contributed by atoms with Crippen LogP contribution in [-0.2, 0) is 0 Å². The van der Waals surface area contributed by atoms with Gasteiger partial charge in [-0.2, -0.15) is 0 Å². The van der Waals surface area contributed by atoms with Crippen molar-refractivity contribution in [2.45, 2.75) is 13.8 Å². The van der Waals surface area contributed by atoms with Gasteiger partial charge in [-0.1, -0.05) is 48.0 Å². The number of nitrogens with two attached hydrogens (primary N) is 1. The minimum absolute atomic E-state index is 0.0322. The summed E-state index contributed by atoms with van der Waals surface area (Å²) in [5.41, 5.74) is 7.81. The minimum Gasteiger partial charge on any atom is -0.354 e. The van der Waals surface area contributed by atoms with Crippen LogP contribution in [0, 0.1) is 5.41 Å². The van der Waals surface area contributed by atoms with Crippen molar-refractivity contribution >= 4 is 21.9 Å². The van der Waals surface area contributed by atoms with Crippen molar-refractivity contribution in [3.63, 3.8) is 0 Å². The van der Waals surface area contributed by atoms with Gasteiger partial charge in [0.25, 0.3) is 0 Å². The molecule has 0 aliphatic heterocycles. The van der Waals surface area contributed by atoms with E-state index in [0.29, 0.717) is 12.5 Å². The average molecular weight is 335 g/mol. The van der Waals surface area contributed by atoms with Gasteiger partial charge in [0.05, 0.1) is 0 Å². The van der Waals surface area contributed by atoms with Gasteiger partial charge in [-0.15, -0.1) is 0 Å². The normalized spacial score (nSPS) is 11.4. The predicted molar refractivity (Wildman–Crippen MR) is 86.5 cm³/mol. The third-order valence-corrected chi connectivity index (χ3v) is 3.81. The van der Waals surface area contributed by atoms with Crippen LogP contribution in [0.15, 0.2) is 41.1 Å². The summed E-state index contributed by atoms with van der Waals surface area (Å²) in [6.07, 6.45) is 3.65. The van der Waals surface area contributed by atoms with Crippen LogP contribution in [0.5, 0.6) is 0 Å². The monoisotopic (exact) mass is 334 g/mol. The van der Waals surface area contributed by atoms with Gasteiger partial charge in [0.15, 0.2) is 0 Å². The highest BCUT2D eigenvalue weighted by molar-refractivity contribution is 9.10. The largest absolute Gasteiger partial charge is 0.354 e. The highest BCUT2D eigenvalue weighted by Crippen LogP contribution is 2.27. The first-order chi connectivity index (χ1) is 9.52. The number of anilines is 1. The van der Waals surface area contributed by atoms with Gasteiger partial charge < -0.3 is 11.1 Å². The summed E-state index contributed by atoms with van der Waals surface area (Å²) in [7, 11) is 0. The Balaban J connectivity index is 2.09. The molecule has 0 saturated heterocycles. The Hall–Kier alpha value is -1.46. The van der Waals surface area contributed by atoms with Crippen LogP contribution in [0.2, 0.25) is 0 Å². The van der Waals surface area contributed by atoms with Crippen molar-refractivity contribution in [2.75, 3.05) is 18.4 Å². The smallest absolute Gasteiger partial charge is 0.222 e. The number of nitrogens with one attached hydrogen (secondary N) is 1. The Morgan fingerprint density at radius 2 is 1.85 bits per heavy atom. The Labute approximate surface area is 128 Å². The predicted octanol–water partition coefficient (Wildman–Crippen LogP) is 3.30. The molecule has 2 aromatic rings. The Morgan fingerprint density at radius 3 is 2.45 bits per heavy atom. The molecule has 0 amide bonds. The second-order valence-corrected chi connectivity index (χ2v) is 6.35. The van der Waals surface area contributed by atoms with E-state index in [2.05, 4.69) is 45.1 Å². The molecule has 3 N–H and O–H groups in total. The summed E-state index contributed by atoms with van der Waals surface area (Å²) in [4.78, 5) is 8.70. The molecule has 0 fully saturated rings. The lowest BCUT2D eigenvalue weighted by molar-refractivity contribution is 0.404. The van der Waals surface area contributed by atoms with Crippen molar-refractivity contribution < 1.29 is 0 Å². The lowest BCUT2D eigenvalue weighted by Crippen LogP contribution is -2.31. The maximum absolute atomic E-state index is 5.70. The first-order valence-corrected chi connectivity index (χ1v) is 7.32. The van der Waals surface area contributed by atoms with Crippen LogP contribution < -0.4 is 11.1 Å². The number of nitrogens with zero attached hydrogens (tertiary/aromatic N) is 2. The molecule has 0 aliphatic carbocycles. The van der Waals surface area contributed by atoms with E-state index in [4.69, 9.17) is 5.73 Å². The van der Waals surface area contributed by atoms with Crippen molar-refractivity contribution in [1.29, 1.82) is 0 Å². The summed E-state index contributed by atoms with van der Waals surface area (Å²) in [5.74, 6) is 0.627. The van der Waals surface area contributed by atoms with Gasteiger partial charge in [0.1, 0.15) is 0 Å².